The molecule has 0 saturated heterocycles. The molecule has 0 aromatic heterocycles. The summed E-state index contributed by atoms with van der Waals surface area (Å²) in [4.78, 5) is 0. The Balaban J connectivity index is 4.01. The molecule has 0 amide bonds. The second kappa shape index (κ2) is 4.65. The van der Waals surface area contributed by atoms with E-state index in [4.69, 9.17) is 0 Å². The molecule has 0 aromatic carbocycles. The lowest BCUT2D eigenvalue weighted by atomic mass is 9.97. The van der Waals surface area contributed by atoms with Gasteiger partial charge in [0.25, 0.3) is 6.43 Å². The van der Waals surface area contributed by atoms with Crippen molar-refractivity contribution in [1.29, 1.82) is 0 Å². The number of halogens is 2. The maximum atomic E-state index is 12.4. The van der Waals surface area contributed by atoms with Gasteiger partial charge in [-0.3, -0.25) is 0 Å². The normalized spacial score (nSPS) is 16.9. The molecule has 0 spiro atoms. The van der Waals surface area contributed by atoms with Crippen LogP contribution in [0.4, 0.5) is 8.78 Å². The van der Waals surface area contributed by atoms with Crippen LogP contribution in [0, 0.1) is 0 Å². The fourth-order valence-corrected chi connectivity index (χ4v) is 1.20. The molecule has 1 unspecified atom stereocenters. The molecule has 1 N–H and O–H groups in total. The molecule has 0 aromatic rings. The summed E-state index contributed by atoms with van der Waals surface area (Å²) >= 11 is 0. The average Bonchev–Trinajstić information content (AvgIpc) is 1.88. The van der Waals surface area contributed by atoms with Crippen molar-refractivity contribution >= 4 is 0 Å². The fourth-order valence-electron chi connectivity index (χ4n) is 1.20. The summed E-state index contributed by atoms with van der Waals surface area (Å²) in [5.74, 6) is 0. The highest BCUT2D eigenvalue weighted by molar-refractivity contribution is 4.84. The Labute approximate surface area is 67.2 Å². The average molecular weight is 165 g/mol. The summed E-state index contributed by atoms with van der Waals surface area (Å²) < 4.78 is 24.8. The molecular formula is C8H17F2N. The van der Waals surface area contributed by atoms with Gasteiger partial charge in [0, 0.05) is 0 Å². The molecule has 0 aliphatic heterocycles. The lowest BCUT2D eigenvalue weighted by molar-refractivity contribution is 0.0358. The van der Waals surface area contributed by atoms with Gasteiger partial charge in [-0.05, 0) is 19.9 Å². The molecule has 11 heavy (non-hydrogen) atoms. The highest BCUT2D eigenvalue weighted by Crippen LogP contribution is 2.20. The van der Waals surface area contributed by atoms with E-state index < -0.39 is 12.0 Å². The first-order valence-corrected chi connectivity index (χ1v) is 4.10. The van der Waals surface area contributed by atoms with Gasteiger partial charge in [0.2, 0.25) is 0 Å². The van der Waals surface area contributed by atoms with Crippen LogP contribution in [0.15, 0.2) is 0 Å². The first-order chi connectivity index (χ1) is 5.06. The standard InChI is InChI=1S/C8H17F2N/c1-4-6-8(3,7(9)10)11-5-2/h7,11H,4-6H2,1-3H3. The predicted octanol–water partition coefficient (Wildman–Crippen LogP) is 2.42. The molecule has 0 heterocycles. The van der Waals surface area contributed by atoms with Gasteiger partial charge in [-0.2, -0.15) is 0 Å². The summed E-state index contributed by atoms with van der Waals surface area (Å²) in [6.45, 7) is 5.93. The third-order valence-corrected chi connectivity index (χ3v) is 1.83. The van der Waals surface area contributed by atoms with Crippen LogP contribution < -0.4 is 5.32 Å². The minimum Gasteiger partial charge on any atom is -0.307 e. The Kier molecular flexibility index (Phi) is 4.57. The molecule has 1 atom stereocenters. The number of rotatable bonds is 5. The summed E-state index contributed by atoms with van der Waals surface area (Å²) in [6, 6.07) is 0. The minimum absolute atomic E-state index is 0.526. The van der Waals surface area contributed by atoms with Crippen molar-refractivity contribution in [3.63, 3.8) is 0 Å². The summed E-state index contributed by atoms with van der Waals surface area (Å²) in [5.41, 5.74) is -0.983. The van der Waals surface area contributed by atoms with Crippen LogP contribution in [0.2, 0.25) is 0 Å². The van der Waals surface area contributed by atoms with Gasteiger partial charge < -0.3 is 5.32 Å². The van der Waals surface area contributed by atoms with E-state index in [1.165, 1.54) is 0 Å². The quantitative estimate of drug-likeness (QED) is 0.659. The number of nitrogens with one attached hydrogen (secondary N) is 1. The number of hydrogen-bond acceptors (Lipinski definition) is 1. The van der Waals surface area contributed by atoms with Gasteiger partial charge in [0.1, 0.15) is 0 Å². The van der Waals surface area contributed by atoms with E-state index >= 15 is 0 Å². The van der Waals surface area contributed by atoms with Crippen LogP contribution in [0.5, 0.6) is 0 Å². The van der Waals surface area contributed by atoms with Crippen LogP contribution in [0.3, 0.4) is 0 Å². The molecule has 3 heteroatoms. The highest BCUT2D eigenvalue weighted by Gasteiger charge is 2.32. The molecule has 0 fully saturated rings. The van der Waals surface area contributed by atoms with Crippen molar-refractivity contribution in [3.05, 3.63) is 0 Å². The number of alkyl halides is 2. The van der Waals surface area contributed by atoms with Crippen LogP contribution in [-0.2, 0) is 0 Å². The van der Waals surface area contributed by atoms with Crippen LogP contribution in [0.1, 0.15) is 33.6 Å². The van der Waals surface area contributed by atoms with E-state index in [1.54, 1.807) is 6.92 Å². The van der Waals surface area contributed by atoms with Crippen molar-refractivity contribution in [2.24, 2.45) is 0 Å². The smallest absolute Gasteiger partial charge is 0.256 e. The largest absolute Gasteiger partial charge is 0.307 e. The van der Waals surface area contributed by atoms with Crippen molar-refractivity contribution in [2.45, 2.75) is 45.6 Å². The lowest BCUT2D eigenvalue weighted by Crippen LogP contribution is -2.48. The van der Waals surface area contributed by atoms with Crippen LogP contribution in [0.25, 0.3) is 0 Å². The maximum absolute atomic E-state index is 12.4. The van der Waals surface area contributed by atoms with Crippen molar-refractivity contribution in [1.82, 2.24) is 5.32 Å². The minimum atomic E-state index is -2.28. The zero-order chi connectivity index (χ0) is 8.91. The topological polar surface area (TPSA) is 12.0 Å². The van der Waals surface area contributed by atoms with E-state index in [0.29, 0.717) is 13.0 Å². The van der Waals surface area contributed by atoms with E-state index in [2.05, 4.69) is 5.32 Å². The molecule has 0 aliphatic rings. The molecule has 1 nitrogen and oxygen atoms in total. The monoisotopic (exact) mass is 165 g/mol. The first kappa shape index (κ1) is 10.8. The van der Waals surface area contributed by atoms with Crippen LogP contribution in [-0.4, -0.2) is 18.5 Å². The van der Waals surface area contributed by atoms with E-state index in [0.717, 1.165) is 6.42 Å². The molecule has 0 aliphatic carbocycles. The van der Waals surface area contributed by atoms with Gasteiger partial charge in [0.15, 0.2) is 0 Å². The third-order valence-electron chi connectivity index (χ3n) is 1.83. The summed E-state index contributed by atoms with van der Waals surface area (Å²) in [7, 11) is 0. The Bertz CT molecular complexity index is 98.3. The third kappa shape index (κ3) is 3.14. The fraction of sp³-hybridized carbons (Fsp3) is 1.00. The predicted molar refractivity (Wildman–Crippen MR) is 43.0 cm³/mol. The van der Waals surface area contributed by atoms with E-state index in [1.807, 2.05) is 13.8 Å². The van der Waals surface area contributed by atoms with Gasteiger partial charge in [-0.25, -0.2) is 8.78 Å². The van der Waals surface area contributed by atoms with Crippen molar-refractivity contribution in [2.75, 3.05) is 6.54 Å². The maximum Gasteiger partial charge on any atom is 0.256 e. The van der Waals surface area contributed by atoms with Gasteiger partial charge in [-0.15, -0.1) is 0 Å². The molecular weight excluding hydrogens is 148 g/mol. The zero-order valence-electron chi connectivity index (χ0n) is 7.45. The van der Waals surface area contributed by atoms with Gasteiger partial charge in [-0.1, -0.05) is 20.3 Å². The zero-order valence-corrected chi connectivity index (χ0v) is 7.45. The van der Waals surface area contributed by atoms with Crippen LogP contribution >= 0.6 is 0 Å². The Morgan fingerprint density at radius 2 is 1.91 bits per heavy atom. The second-order valence-electron chi connectivity index (χ2n) is 3.00. The Morgan fingerprint density at radius 1 is 1.36 bits per heavy atom. The van der Waals surface area contributed by atoms with Crippen molar-refractivity contribution in [3.8, 4) is 0 Å². The van der Waals surface area contributed by atoms with Gasteiger partial charge >= 0.3 is 0 Å². The van der Waals surface area contributed by atoms with Gasteiger partial charge in [0.05, 0.1) is 5.54 Å². The summed E-state index contributed by atoms with van der Waals surface area (Å²) in [6.07, 6.45) is -0.964. The number of hydrogen-bond donors (Lipinski definition) is 1. The van der Waals surface area contributed by atoms with E-state index in [-0.39, 0.29) is 0 Å². The SMILES string of the molecule is CCCC(C)(NCC)C(F)F. The highest BCUT2D eigenvalue weighted by atomic mass is 19.3. The molecule has 0 saturated carbocycles. The Hall–Kier alpha value is -0.180. The van der Waals surface area contributed by atoms with E-state index in [9.17, 15) is 8.78 Å². The summed E-state index contributed by atoms with van der Waals surface area (Å²) in [5, 5.41) is 2.81. The lowest BCUT2D eigenvalue weighted by Gasteiger charge is -2.29. The molecule has 0 bridgehead atoms. The second-order valence-corrected chi connectivity index (χ2v) is 3.00. The first-order valence-electron chi connectivity index (χ1n) is 4.10. The van der Waals surface area contributed by atoms with Crippen molar-refractivity contribution < 1.29 is 8.78 Å². The molecule has 68 valence electrons. The molecule has 0 rings (SSSR count). The Morgan fingerprint density at radius 3 is 2.18 bits per heavy atom. The molecule has 0 radical (unpaired) electrons.